The molecule has 2 aromatic carbocycles. The third-order valence-electron chi connectivity index (χ3n) is 6.53. The summed E-state index contributed by atoms with van der Waals surface area (Å²) in [4.78, 5) is 24.2. The molecule has 9 heteroatoms. The topological polar surface area (TPSA) is 44.6 Å². The second kappa shape index (κ2) is 11.2. The van der Waals surface area contributed by atoms with Crippen molar-refractivity contribution in [1.29, 1.82) is 0 Å². The van der Waals surface area contributed by atoms with E-state index < -0.39 is 0 Å². The number of carbonyl (C=O) groups excluding carboxylic acids is 1. The minimum absolute atomic E-state index is 0.0724. The molecule has 35 heavy (non-hydrogen) atoms. The van der Waals surface area contributed by atoms with Gasteiger partial charge in [-0.3, -0.25) is 14.3 Å². The molecule has 1 fully saturated rings. The first kappa shape index (κ1) is 25.8. The smallest absolute Gasteiger partial charge is 0.274 e. The number of rotatable bonds is 7. The monoisotopic (exact) mass is 533 g/mol. The summed E-state index contributed by atoms with van der Waals surface area (Å²) < 4.78 is 1.94. The maximum atomic E-state index is 13.2. The van der Waals surface area contributed by atoms with E-state index in [1.165, 1.54) is 0 Å². The highest BCUT2D eigenvalue weighted by molar-refractivity contribution is 6.43. The quantitative estimate of drug-likeness (QED) is 0.388. The average Bonchev–Trinajstić information content (AvgIpc) is 3.14. The van der Waals surface area contributed by atoms with Crippen molar-refractivity contribution < 1.29 is 4.79 Å². The highest BCUT2D eigenvalue weighted by Crippen LogP contribution is 2.33. The number of aromatic nitrogens is 2. The normalized spacial score (nSPS) is 14.4. The fraction of sp³-hybridized carbons (Fsp3) is 0.385. The van der Waals surface area contributed by atoms with E-state index in [0.717, 1.165) is 62.0 Å². The van der Waals surface area contributed by atoms with Gasteiger partial charge in [0.05, 0.1) is 32.1 Å². The fourth-order valence-electron chi connectivity index (χ4n) is 4.59. The second-order valence-corrected chi connectivity index (χ2v) is 10.1. The molecule has 1 aliphatic heterocycles. The number of anilines is 1. The van der Waals surface area contributed by atoms with Gasteiger partial charge in [-0.15, -0.1) is 0 Å². The molecule has 0 spiro atoms. The number of benzene rings is 2. The van der Waals surface area contributed by atoms with Crippen LogP contribution in [0.5, 0.6) is 0 Å². The Morgan fingerprint density at radius 3 is 2.31 bits per heavy atom. The van der Waals surface area contributed by atoms with E-state index >= 15 is 0 Å². The molecular weight excluding hydrogens is 505 g/mol. The van der Waals surface area contributed by atoms with Crippen molar-refractivity contribution in [3.05, 3.63) is 74.7 Å². The van der Waals surface area contributed by atoms with Gasteiger partial charge >= 0.3 is 0 Å². The Kier molecular flexibility index (Phi) is 8.27. The zero-order chi connectivity index (χ0) is 25.1. The Balaban J connectivity index is 1.30. The number of carbonyl (C=O) groups is 1. The largest absolute Gasteiger partial charge is 0.368 e. The highest BCUT2D eigenvalue weighted by Gasteiger charge is 2.23. The summed E-state index contributed by atoms with van der Waals surface area (Å²) in [7, 11) is 1.84. The van der Waals surface area contributed by atoms with E-state index in [4.69, 9.17) is 34.8 Å². The molecule has 0 atom stereocenters. The van der Waals surface area contributed by atoms with Crippen molar-refractivity contribution in [3.63, 3.8) is 0 Å². The average molecular weight is 535 g/mol. The van der Waals surface area contributed by atoms with Crippen LogP contribution in [-0.2, 0) is 0 Å². The predicted octanol–water partition coefficient (Wildman–Crippen LogP) is 5.73. The minimum atomic E-state index is -0.0724. The van der Waals surface area contributed by atoms with Gasteiger partial charge in [0.2, 0.25) is 0 Å². The summed E-state index contributed by atoms with van der Waals surface area (Å²) in [5, 5.41) is 1.83. The summed E-state index contributed by atoms with van der Waals surface area (Å²) in [5.41, 5.74) is 3.09. The number of hydrogen-bond donors (Lipinski definition) is 0. The molecule has 1 saturated heterocycles. The molecule has 0 aliphatic carbocycles. The molecular formula is C26H30Cl3N5O. The fourth-order valence-corrected chi connectivity index (χ4v) is 5.23. The van der Waals surface area contributed by atoms with Gasteiger partial charge in [0.15, 0.2) is 0 Å². The molecule has 1 aromatic heterocycles. The summed E-state index contributed by atoms with van der Waals surface area (Å²) >= 11 is 19.0. The molecule has 4 rings (SSSR count). The first-order valence-corrected chi connectivity index (χ1v) is 12.9. The van der Waals surface area contributed by atoms with E-state index in [1.54, 1.807) is 4.90 Å². The number of nitrogens with zero attached hydrogens (tertiary/aromatic N) is 5. The Morgan fingerprint density at radius 1 is 0.943 bits per heavy atom. The van der Waals surface area contributed by atoms with Crippen molar-refractivity contribution in [2.45, 2.75) is 20.3 Å². The van der Waals surface area contributed by atoms with Crippen LogP contribution in [-0.4, -0.2) is 71.6 Å². The summed E-state index contributed by atoms with van der Waals surface area (Å²) in [6, 6.07) is 13.3. The molecule has 2 heterocycles. The van der Waals surface area contributed by atoms with Gasteiger partial charge in [-0.1, -0.05) is 53.0 Å². The van der Waals surface area contributed by atoms with Crippen LogP contribution in [0, 0.1) is 13.8 Å². The zero-order valence-corrected chi connectivity index (χ0v) is 22.5. The van der Waals surface area contributed by atoms with Crippen LogP contribution in [0.15, 0.2) is 42.5 Å². The van der Waals surface area contributed by atoms with Crippen LogP contribution in [0.3, 0.4) is 0 Å². The van der Waals surface area contributed by atoms with E-state index in [1.807, 2.05) is 67.9 Å². The molecule has 0 radical (unpaired) electrons. The zero-order valence-electron chi connectivity index (χ0n) is 20.3. The predicted molar refractivity (Wildman–Crippen MR) is 145 cm³/mol. The van der Waals surface area contributed by atoms with Gasteiger partial charge in [0, 0.05) is 39.8 Å². The third-order valence-corrected chi connectivity index (χ3v) is 7.66. The number of piperazine rings is 1. The summed E-state index contributed by atoms with van der Waals surface area (Å²) in [5.74, 6) is 0.668. The van der Waals surface area contributed by atoms with E-state index in [9.17, 15) is 4.79 Å². The van der Waals surface area contributed by atoms with Crippen LogP contribution in [0.2, 0.25) is 15.1 Å². The maximum Gasteiger partial charge on any atom is 0.274 e. The van der Waals surface area contributed by atoms with Gasteiger partial charge in [-0.25, -0.2) is 4.98 Å². The Morgan fingerprint density at radius 2 is 1.60 bits per heavy atom. The Labute approximate surface area is 222 Å². The van der Waals surface area contributed by atoms with Crippen LogP contribution in [0.1, 0.15) is 28.4 Å². The summed E-state index contributed by atoms with van der Waals surface area (Å²) in [6.07, 6.45) is 0.892. The molecule has 1 aliphatic rings. The van der Waals surface area contributed by atoms with Crippen molar-refractivity contribution in [2.24, 2.45) is 0 Å². The lowest BCUT2D eigenvalue weighted by Gasteiger charge is -2.36. The van der Waals surface area contributed by atoms with Gasteiger partial charge in [0.25, 0.3) is 5.91 Å². The first-order valence-electron chi connectivity index (χ1n) is 11.8. The Hall–Kier alpha value is -2.25. The van der Waals surface area contributed by atoms with Crippen LogP contribution < -0.4 is 4.90 Å². The molecule has 186 valence electrons. The number of imidazole rings is 1. The molecule has 6 nitrogen and oxygen atoms in total. The molecule has 0 saturated carbocycles. The standard InChI is InChI=1S/C26H30Cl3N5O/c1-18-25(30-19(2)34(18)22-10-5-4-8-20(22)27)26(35)31(3)12-7-13-32-14-16-33(17-15-32)23-11-6-9-21(28)24(23)29/h4-6,8-11H,7,12-17H2,1-3H3. The highest BCUT2D eigenvalue weighted by atomic mass is 35.5. The Bertz CT molecular complexity index is 1200. The van der Waals surface area contributed by atoms with Crippen LogP contribution in [0.25, 0.3) is 5.69 Å². The number of para-hydroxylation sites is 1. The summed E-state index contributed by atoms with van der Waals surface area (Å²) in [6.45, 7) is 9.08. The van der Waals surface area contributed by atoms with Crippen molar-refractivity contribution >= 4 is 46.4 Å². The maximum absolute atomic E-state index is 13.2. The first-order chi connectivity index (χ1) is 16.8. The molecule has 0 N–H and O–H groups in total. The number of hydrogen-bond acceptors (Lipinski definition) is 4. The molecule has 0 bridgehead atoms. The lowest BCUT2D eigenvalue weighted by Crippen LogP contribution is -2.47. The number of amides is 1. The molecule has 3 aromatic rings. The van der Waals surface area contributed by atoms with E-state index in [2.05, 4.69) is 14.8 Å². The van der Waals surface area contributed by atoms with E-state index in [-0.39, 0.29) is 5.91 Å². The van der Waals surface area contributed by atoms with Crippen molar-refractivity contribution in [1.82, 2.24) is 19.4 Å². The number of aryl methyl sites for hydroxylation is 1. The molecule has 1 amide bonds. The van der Waals surface area contributed by atoms with Gasteiger partial charge in [-0.05, 0) is 51.1 Å². The number of halogens is 3. The molecule has 0 unspecified atom stereocenters. The van der Waals surface area contributed by atoms with Gasteiger partial charge in [-0.2, -0.15) is 0 Å². The van der Waals surface area contributed by atoms with E-state index in [0.29, 0.717) is 27.3 Å². The van der Waals surface area contributed by atoms with Crippen molar-refractivity contribution in [2.75, 3.05) is 51.2 Å². The van der Waals surface area contributed by atoms with Crippen molar-refractivity contribution in [3.8, 4) is 5.69 Å². The third kappa shape index (κ3) is 5.61. The second-order valence-electron chi connectivity index (χ2n) is 8.86. The lowest BCUT2D eigenvalue weighted by molar-refractivity contribution is 0.0782. The SMILES string of the molecule is Cc1nc(C(=O)N(C)CCCN2CCN(c3cccc(Cl)c3Cl)CC2)c(C)n1-c1ccccc1Cl. The van der Waals surface area contributed by atoms with Crippen LogP contribution in [0.4, 0.5) is 5.69 Å². The minimum Gasteiger partial charge on any atom is -0.368 e. The van der Waals surface area contributed by atoms with Crippen LogP contribution >= 0.6 is 34.8 Å². The van der Waals surface area contributed by atoms with Gasteiger partial charge in [0.1, 0.15) is 11.5 Å². The lowest BCUT2D eigenvalue weighted by atomic mass is 10.2. The van der Waals surface area contributed by atoms with Gasteiger partial charge < -0.3 is 9.80 Å².